The van der Waals surface area contributed by atoms with Crippen LogP contribution in [0.25, 0.3) is 0 Å². The average Bonchev–Trinajstić information content (AvgIpc) is 3.04. The summed E-state index contributed by atoms with van der Waals surface area (Å²) >= 11 is 0. The molecule has 0 saturated heterocycles. The van der Waals surface area contributed by atoms with Crippen LogP contribution in [0, 0.1) is 58.2 Å². The van der Waals surface area contributed by atoms with Crippen molar-refractivity contribution in [2.24, 2.45) is 58.2 Å². The molecule has 4 saturated carbocycles. The molecular weight excluding hydrogens is 368 g/mol. The van der Waals surface area contributed by atoms with E-state index in [0.29, 0.717) is 41.4 Å². The van der Waals surface area contributed by atoms with E-state index in [-0.39, 0.29) is 17.6 Å². The second kappa shape index (κ2) is 8.22. The summed E-state index contributed by atoms with van der Waals surface area (Å²) in [6.45, 7) is 14.5. The summed E-state index contributed by atoms with van der Waals surface area (Å²) in [5.41, 5.74) is 0.494. The first-order chi connectivity index (χ1) is 14.1. The van der Waals surface area contributed by atoms with Crippen molar-refractivity contribution in [3.63, 3.8) is 0 Å². The summed E-state index contributed by atoms with van der Waals surface area (Å²) in [5, 5.41) is 21.4. The van der Waals surface area contributed by atoms with Crippen molar-refractivity contribution in [3.8, 4) is 0 Å². The summed E-state index contributed by atoms with van der Waals surface area (Å²) in [6.07, 6.45) is 13.8. The van der Waals surface area contributed by atoms with Gasteiger partial charge in [-0.1, -0.05) is 53.7 Å². The van der Waals surface area contributed by atoms with E-state index in [0.717, 1.165) is 24.2 Å². The Morgan fingerprint density at radius 3 is 2.27 bits per heavy atom. The molecule has 0 amide bonds. The Morgan fingerprint density at radius 2 is 1.57 bits per heavy atom. The lowest BCUT2D eigenvalue weighted by atomic mass is 9.43. The van der Waals surface area contributed by atoms with Gasteiger partial charge in [0.25, 0.3) is 0 Å². The van der Waals surface area contributed by atoms with Gasteiger partial charge in [0.05, 0.1) is 12.2 Å². The Kier molecular flexibility index (Phi) is 6.26. The molecule has 0 aromatic carbocycles. The van der Waals surface area contributed by atoms with Crippen molar-refractivity contribution in [1.82, 2.24) is 0 Å². The molecule has 4 aliphatic carbocycles. The highest BCUT2D eigenvalue weighted by molar-refractivity contribution is 5.12. The first kappa shape index (κ1) is 22.8. The fraction of sp³-hybridized carbons (Fsp3) is 0.929. The Balaban J connectivity index is 1.53. The second-order valence-corrected chi connectivity index (χ2v) is 12.7. The third-order valence-electron chi connectivity index (χ3n) is 11.2. The second-order valence-electron chi connectivity index (χ2n) is 12.7. The first-order valence-corrected chi connectivity index (χ1v) is 13.1. The molecule has 0 aliphatic heterocycles. The van der Waals surface area contributed by atoms with E-state index in [4.69, 9.17) is 0 Å². The van der Waals surface area contributed by atoms with E-state index in [9.17, 15) is 10.2 Å². The quantitative estimate of drug-likeness (QED) is 0.516. The van der Waals surface area contributed by atoms with Gasteiger partial charge in [0.1, 0.15) is 0 Å². The Labute approximate surface area is 185 Å². The van der Waals surface area contributed by atoms with Gasteiger partial charge in [0, 0.05) is 0 Å². The van der Waals surface area contributed by atoms with E-state index in [1.807, 2.05) is 0 Å². The SMILES string of the molecule is CC(C)[C@@H](C)/C=C/[C@@H](C)C1CCC2C3CCC4C[C@@H](O)C[C@H](O)[C@]4(C)C3CC[C@@]21C. The highest BCUT2D eigenvalue weighted by Crippen LogP contribution is 2.68. The fourth-order valence-electron chi connectivity index (χ4n) is 8.91. The zero-order chi connectivity index (χ0) is 21.8. The van der Waals surface area contributed by atoms with Crippen LogP contribution in [0.4, 0.5) is 0 Å². The molecule has 11 atom stereocenters. The Bertz CT molecular complexity index is 641. The molecule has 2 heteroatoms. The zero-order valence-corrected chi connectivity index (χ0v) is 20.5. The van der Waals surface area contributed by atoms with E-state index in [1.54, 1.807) is 0 Å². The van der Waals surface area contributed by atoms with Gasteiger partial charge in [-0.05, 0) is 110 Å². The number of rotatable bonds is 4. The lowest BCUT2D eigenvalue weighted by Crippen LogP contribution is -2.59. The zero-order valence-electron chi connectivity index (χ0n) is 20.5. The van der Waals surface area contributed by atoms with Crippen LogP contribution in [0.3, 0.4) is 0 Å². The molecule has 5 unspecified atom stereocenters. The van der Waals surface area contributed by atoms with Gasteiger partial charge in [0.2, 0.25) is 0 Å². The van der Waals surface area contributed by atoms with Gasteiger partial charge in [-0.3, -0.25) is 0 Å². The number of aliphatic hydroxyl groups is 2. The van der Waals surface area contributed by atoms with E-state index in [1.165, 1.54) is 38.5 Å². The van der Waals surface area contributed by atoms with Crippen LogP contribution in [-0.4, -0.2) is 22.4 Å². The molecule has 2 N–H and O–H groups in total. The number of fused-ring (bicyclic) bond motifs is 5. The fourth-order valence-corrected chi connectivity index (χ4v) is 8.91. The van der Waals surface area contributed by atoms with Crippen LogP contribution < -0.4 is 0 Å². The minimum Gasteiger partial charge on any atom is -0.393 e. The minimum atomic E-state index is -0.319. The van der Waals surface area contributed by atoms with Gasteiger partial charge in [0.15, 0.2) is 0 Å². The molecule has 0 bridgehead atoms. The van der Waals surface area contributed by atoms with Gasteiger partial charge in [-0.15, -0.1) is 0 Å². The Morgan fingerprint density at radius 1 is 0.833 bits per heavy atom. The lowest BCUT2D eigenvalue weighted by Gasteiger charge is -2.62. The first-order valence-electron chi connectivity index (χ1n) is 13.1. The molecule has 0 radical (unpaired) electrons. The summed E-state index contributed by atoms with van der Waals surface area (Å²) in [7, 11) is 0. The molecule has 4 rings (SSSR count). The molecule has 172 valence electrons. The van der Waals surface area contributed by atoms with Crippen molar-refractivity contribution >= 4 is 0 Å². The van der Waals surface area contributed by atoms with Crippen LogP contribution in [0.2, 0.25) is 0 Å². The molecule has 0 spiro atoms. The summed E-state index contributed by atoms with van der Waals surface area (Å²) in [5.74, 6) is 5.63. The van der Waals surface area contributed by atoms with Gasteiger partial charge in [-0.2, -0.15) is 0 Å². The monoisotopic (exact) mass is 416 g/mol. The highest BCUT2D eigenvalue weighted by Gasteiger charge is 2.62. The maximum atomic E-state index is 11.1. The molecule has 2 nitrogen and oxygen atoms in total. The van der Waals surface area contributed by atoms with Gasteiger partial charge < -0.3 is 10.2 Å². The molecule has 0 aromatic rings. The van der Waals surface area contributed by atoms with Crippen LogP contribution in [0.1, 0.15) is 92.9 Å². The van der Waals surface area contributed by atoms with Crippen LogP contribution in [0.5, 0.6) is 0 Å². The van der Waals surface area contributed by atoms with Crippen molar-refractivity contribution < 1.29 is 10.2 Å². The summed E-state index contributed by atoms with van der Waals surface area (Å²) < 4.78 is 0. The molecule has 4 fully saturated rings. The largest absolute Gasteiger partial charge is 0.393 e. The minimum absolute atomic E-state index is 0.0276. The number of aliphatic hydroxyl groups excluding tert-OH is 2. The molecule has 0 aromatic heterocycles. The highest BCUT2D eigenvalue weighted by atomic mass is 16.3. The third kappa shape index (κ3) is 3.53. The van der Waals surface area contributed by atoms with Crippen molar-refractivity contribution in [1.29, 1.82) is 0 Å². The lowest BCUT2D eigenvalue weighted by molar-refractivity contribution is -0.181. The number of allylic oxidation sites excluding steroid dienone is 2. The van der Waals surface area contributed by atoms with Crippen molar-refractivity contribution in [3.05, 3.63) is 12.2 Å². The smallest absolute Gasteiger partial charge is 0.0623 e. The van der Waals surface area contributed by atoms with Crippen LogP contribution in [-0.2, 0) is 0 Å². The summed E-state index contributed by atoms with van der Waals surface area (Å²) in [4.78, 5) is 0. The van der Waals surface area contributed by atoms with Crippen LogP contribution in [0.15, 0.2) is 12.2 Å². The van der Waals surface area contributed by atoms with Gasteiger partial charge in [-0.25, -0.2) is 0 Å². The van der Waals surface area contributed by atoms with Gasteiger partial charge >= 0.3 is 0 Å². The van der Waals surface area contributed by atoms with Crippen molar-refractivity contribution in [2.75, 3.05) is 0 Å². The van der Waals surface area contributed by atoms with E-state index in [2.05, 4.69) is 53.7 Å². The summed E-state index contributed by atoms with van der Waals surface area (Å²) in [6, 6.07) is 0. The maximum Gasteiger partial charge on any atom is 0.0623 e. The number of hydrogen-bond acceptors (Lipinski definition) is 2. The predicted octanol–water partition coefficient (Wildman–Crippen LogP) is 6.46. The van der Waals surface area contributed by atoms with Crippen LogP contribution >= 0.6 is 0 Å². The molecule has 0 heterocycles. The number of hydrogen-bond donors (Lipinski definition) is 2. The maximum absolute atomic E-state index is 11.1. The third-order valence-corrected chi connectivity index (χ3v) is 11.2. The standard InChI is InChI=1S/C28H48O2/c1-17(2)18(3)7-8-19(4)23-11-12-24-22-10-9-20-15-21(29)16-26(30)28(20,6)25(22)13-14-27(23,24)5/h7-8,17-26,29-30H,9-16H2,1-6H3/b8-7+/t18-,19+,20?,21+,22?,23?,24?,25?,26-,27+,28-/m0/s1. The average molecular weight is 417 g/mol. The van der Waals surface area contributed by atoms with Crippen molar-refractivity contribution in [2.45, 2.75) is 105 Å². The Hall–Kier alpha value is -0.340. The topological polar surface area (TPSA) is 40.5 Å². The normalized spacial score (nSPS) is 50.8. The van der Waals surface area contributed by atoms with E-state index >= 15 is 0 Å². The molecule has 4 aliphatic rings. The molecule has 30 heavy (non-hydrogen) atoms. The molecular formula is C28H48O2. The predicted molar refractivity (Wildman–Crippen MR) is 125 cm³/mol. The van der Waals surface area contributed by atoms with E-state index < -0.39 is 0 Å².